The van der Waals surface area contributed by atoms with Crippen LogP contribution < -0.4 is 27.1 Å². The van der Waals surface area contributed by atoms with Gasteiger partial charge in [0.1, 0.15) is 6.17 Å². The molecule has 0 radical (unpaired) electrons. The molecule has 34 heavy (non-hydrogen) atoms. The summed E-state index contributed by atoms with van der Waals surface area (Å²) in [6.45, 7) is 10.6. The molecule has 0 aliphatic carbocycles. The van der Waals surface area contributed by atoms with Crippen LogP contribution in [0, 0.1) is 11.8 Å². The molecule has 4 fully saturated rings. The van der Waals surface area contributed by atoms with E-state index in [-0.39, 0.29) is 48.4 Å². The lowest BCUT2D eigenvalue weighted by molar-refractivity contribution is -0.130. The monoisotopic (exact) mass is 503 g/mol. The Balaban J connectivity index is 1.60. The molecule has 4 rings (SSSR count). The number of halogens is 1. The van der Waals surface area contributed by atoms with Crippen LogP contribution in [0.25, 0.3) is 0 Å². The van der Waals surface area contributed by atoms with Crippen LogP contribution >= 0.6 is 0 Å². The molecule has 4 heterocycles. The van der Waals surface area contributed by atoms with Crippen LogP contribution in [0.1, 0.15) is 40.5 Å². The molecule has 12 heteroatoms. The molecule has 1 amide bonds. The molecule has 0 aromatic heterocycles. The Morgan fingerprint density at radius 1 is 1.32 bits per heavy atom. The maximum atomic E-state index is 13.9. The van der Waals surface area contributed by atoms with Crippen molar-refractivity contribution in [2.24, 2.45) is 17.6 Å². The fourth-order valence-electron chi connectivity index (χ4n) is 6.44. The number of carbonyl (C=O) groups is 1. The molecular weight excluding hydrogens is 461 g/mol. The van der Waals surface area contributed by atoms with Crippen molar-refractivity contribution in [3.63, 3.8) is 0 Å². The van der Waals surface area contributed by atoms with Crippen LogP contribution in [-0.4, -0.2) is 104 Å². The van der Waals surface area contributed by atoms with Gasteiger partial charge in [0.05, 0.1) is 34.8 Å². The number of alkyl halides is 1. The fourth-order valence-corrected chi connectivity index (χ4v) is 7.81. The maximum Gasteiger partial charge on any atom is 0.229 e. The minimum Gasteiger partial charge on any atom is -0.350 e. The lowest BCUT2D eigenvalue weighted by atomic mass is 9.71. The predicted octanol–water partition coefficient (Wildman–Crippen LogP) is -1.25. The van der Waals surface area contributed by atoms with Crippen molar-refractivity contribution in [1.82, 2.24) is 31.3 Å². The highest BCUT2D eigenvalue weighted by atomic mass is 32.2. The van der Waals surface area contributed by atoms with Crippen molar-refractivity contribution < 1.29 is 17.6 Å². The number of hydrazine groups is 1. The third kappa shape index (κ3) is 4.39. The third-order valence-corrected chi connectivity index (χ3v) is 11.2. The molecule has 0 spiro atoms. The van der Waals surface area contributed by atoms with Crippen LogP contribution in [-0.2, 0) is 14.6 Å². The average Bonchev–Trinajstić information content (AvgIpc) is 3.10. The van der Waals surface area contributed by atoms with Gasteiger partial charge in [-0.1, -0.05) is 20.3 Å². The van der Waals surface area contributed by atoms with Crippen LogP contribution in [0.15, 0.2) is 0 Å². The molecule has 6 N–H and O–H groups in total. The standard InChI is InChI=1S/C22H42FN7O3S/c1-5-14(2)22(29-8-9-34(32,33)21(3,4)13-29)6-7-25-11-16(22)27-20(31)17-18(24)28-30-12-15(23)10-26-19(17)30/h14-19,25-26,28H,5-13,24H2,1-4H3,(H,27,31). The van der Waals surface area contributed by atoms with Crippen LogP contribution in [0.3, 0.4) is 0 Å². The van der Waals surface area contributed by atoms with Crippen molar-refractivity contribution in [3.05, 3.63) is 0 Å². The van der Waals surface area contributed by atoms with Gasteiger partial charge in [0.2, 0.25) is 5.91 Å². The van der Waals surface area contributed by atoms with Gasteiger partial charge >= 0.3 is 0 Å². The summed E-state index contributed by atoms with van der Waals surface area (Å²) in [5, 5.41) is 11.6. The number of nitrogens with zero attached hydrogens (tertiary/aromatic N) is 2. The van der Waals surface area contributed by atoms with Gasteiger partial charge in [0.15, 0.2) is 9.84 Å². The van der Waals surface area contributed by atoms with E-state index in [1.807, 2.05) is 0 Å². The fraction of sp³-hybridized carbons (Fsp3) is 0.955. The molecule has 0 bridgehead atoms. The van der Waals surface area contributed by atoms with Crippen LogP contribution in [0.5, 0.6) is 0 Å². The van der Waals surface area contributed by atoms with E-state index < -0.39 is 32.8 Å². The molecule has 0 aromatic carbocycles. The molecule has 7 atom stereocenters. The molecule has 4 aliphatic rings. The topological polar surface area (TPSA) is 132 Å². The lowest BCUT2D eigenvalue weighted by Crippen LogP contribution is -2.75. The van der Waals surface area contributed by atoms with E-state index in [2.05, 4.69) is 40.1 Å². The minimum absolute atomic E-state index is 0.120. The number of nitrogens with one attached hydrogen (secondary N) is 4. The number of carbonyl (C=O) groups excluding carboxylic acids is 1. The van der Waals surface area contributed by atoms with E-state index in [0.29, 0.717) is 19.6 Å². The van der Waals surface area contributed by atoms with E-state index in [0.717, 1.165) is 19.4 Å². The van der Waals surface area contributed by atoms with Gasteiger partial charge in [0.25, 0.3) is 0 Å². The summed E-state index contributed by atoms with van der Waals surface area (Å²) in [5.74, 6) is -0.372. The Morgan fingerprint density at radius 2 is 2.06 bits per heavy atom. The number of rotatable bonds is 5. The molecular formula is C22H42FN7O3S. The lowest BCUT2D eigenvalue weighted by Gasteiger charge is -2.57. The van der Waals surface area contributed by atoms with Gasteiger partial charge in [-0.05, 0) is 32.7 Å². The summed E-state index contributed by atoms with van der Waals surface area (Å²) in [5.41, 5.74) is 8.96. The highest BCUT2D eigenvalue weighted by Gasteiger charge is 2.55. The first-order chi connectivity index (χ1) is 15.9. The number of hydrogen-bond acceptors (Lipinski definition) is 9. The Morgan fingerprint density at radius 3 is 2.74 bits per heavy atom. The highest BCUT2D eigenvalue weighted by molar-refractivity contribution is 7.92. The van der Waals surface area contributed by atoms with Crippen molar-refractivity contribution >= 4 is 15.7 Å². The zero-order valence-corrected chi connectivity index (χ0v) is 21.6. The average molecular weight is 504 g/mol. The van der Waals surface area contributed by atoms with Crippen molar-refractivity contribution in [2.75, 3.05) is 45.0 Å². The van der Waals surface area contributed by atoms with E-state index in [4.69, 9.17) is 5.73 Å². The number of fused-ring (bicyclic) bond motifs is 1. The number of piperidine rings is 1. The van der Waals surface area contributed by atoms with Crippen molar-refractivity contribution in [1.29, 1.82) is 0 Å². The molecule has 0 aromatic rings. The number of hydrogen-bond donors (Lipinski definition) is 5. The number of sulfone groups is 1. The normalized spacial score (nSPS) is 41.5. The van der Waals surface area contributed by atoms with Gasteiger partial charge in [-0.15, -0.1) is 0 Å². The van der Waals surface area contributed by atoms with E-state index in [1.54, 1.807) is 18.9 Å². The number of nitrogens with two attached hydrogens (primary N) is 1. The molecule has 4 saturated heterocycles. The third-order valence-electron chi connectivity index (χ3n) is 8.69. The largest absolute Gasteiger partial charge is 0.350 e. The van der Waals surface area contributed by atoms with Gasteiger partial charge in [-0.3, -0.25) is 15.0 Å². The first-order valence-electron chi connectivity index (χ1n) is 12.6. The Hall–Kier alpha value is -0.890. The van der Waals surface area contributed by atoms with E-state index in [1.165, 1.54) is 0 Å². The first-order valence-corrected chi connectivity index (χ1v) is 14.2. The Bertz CT molecular complexity index is 875. The quantitative estimate of drug-likeness (QED) is 0.312. The Kier molecular flexibility index (Phi) is 7.34. The van der Waals surface area contributed by atoms with Gasteiger partial charge < -0.3 is 16.4 Å². The van der Waals surface area contributed by atoms with Crippen LogP contribution in [0.2, 0.25) is 0 Å². The SMILES string of the molecule is CCC(C)C1(N2CCS(=O)(=O)C(C)(C)C2)CCNCC1NC(=O)C1C(N)NN2CC(F)CNC12. The second-order valence-electron chi connectivity index (χ2n) is 11.1. The van der Waals surface area contributed by atoms with E-state index in [9.17, 15) is 17.6 Å². The minimum atomic E-state index is -3.18. The first kappa shape index (κ1) is 26.2. The number of amides is 1. The van der Waals surface area contributed by atoms with Gasteiger partial charge in [0, 0.05) is 38.3 Å². The zero-order valence-electron chi connectivity index (χ0n) is 20.8. The second kappa shape index (κ2) is 9.53. The molecule has 10 nitrogen and oxygen atoms in total. The summed E-state index contributed by atoms with van der Waals surface area (Å²) < 4.78 is 38.5. The summed E-state index contributed by atoms with van der Waals surface area (Å²) >= 11 is 0. The summed E-state index contributed by atoms with van der Waals surface area (Å²) in [6.07, 6.45) is -0.268. The molecule has 7 unspecified atom stereocenters. The second-order valence-corrected chi connectivity index (χ2v) is 13.8. The van der Waals surface area contributed by atoms with Crippen LogP contribution in [0.4, 0.5) is 4.39 Å². The molecule has 4 aliphatic heterocycles. The van der Waals surface area contributed by atoms with Gasteiger partial charge in [-0.25, -0.2) is 23.2 Å². The smallest absolute Gasteiger partial charge is 0.229 e. The predicted molar refractivity (Wildman–Crippen MR) is 129 cm³/mol. The highest BCUT2D eigenvalue weighted by Crippen LogP contribution is 2.40. The maximum absolute atomic E-state index is 13.9. The van der Waals surface area contributed by atoms with Crippen molar-refractivity contribution in [3.8, 4) is 0 Å². The summed E-state index contributed by atoms with van der Waals surface area (Å²) in [6, 6.07) is -0.209. The van der Waals surface area contributed by atoms with Gasteiger partial charge in [-0.2, -0.15) is 0 Å². The summed E-state index contributed by atoms with van der Waals surface area (Å²) in [7, 11) is -3.18. The summed E-state index contributed by atoms with van der Waals surface area (Å²) in [4.78, 5) is 16.0. The molecule has 196 valence electrons. The van der Waals surface area contributed by atoms with Crippen molar-refractivity contribution in [2.45, 2.75) is 75.4 Å². The zero-order chi connectivity index (χ0) is 24.9. The Labute approximate surface area is 202 Å². The van der Waals surface area contributed by atoms with E-state index >= 15 is 0 Å². The molecule has 0 saturated carbocycles.